The van der Waals surface area contributed by atoms with Crippen LogP contribution >= 0.6 is 24.0 Å². The molecule has 0 amide bonds. The summed E-state index contributed by atoms with van der Waals surface area (Å²) in [6.45, 7) is 4.10. The first-order valence-electron chi connectivity index (χ1n) is 9.77. The van der Waals surface area contributed by atoms with Gasteiger partial charge in [0.15, 0.2) is 28.9 Å². The third-order valence-electron chi connectivity index (χ3n) is 4.49. The lowest BCUT2D eigenvalue weighted by Crippen LogP contribution is -2.37. The summed E-state index contributed by atoms with van der Waals surface area (Å²) >= 11 is 0. The molecule has 0 fully saturated rings. The summed E-state index contributed by atoms with van der Waals surface area (Å²) in [5.41, 5.74) is 2.03. The molecule has 8 nitrogen and oxygen atoms in total. The summed E-state index contributed by atoms with van der Waals surface area (Å²) < 4.78 is 12.6. The zero-order chi connectivity index (χ0) is 20.5. The second-order valence-corrected chi connectivity index (χ2v) is 6.46. The maximum Gasteiger partial charge on any atom is 0.191 e. The number of hydrogen-bond acceptors (Lipinski definition) is 5. The third-order valence-corrected chi connectivity index (χ3v) is 4.49. The van der Waals surface area contributed by atoms with E-state index in [0.717, 1.165) is 54.9 Å². The van der Waals surface area contributed by atoms with Crippen LogP contribution in [0.3, 0.4) is 0 Å². The number of ether oxygens (including phenoxy) is 2. The lowest BCUT2D eigenvalue weighted by atomic mass is 10.1. The van der Waals surface area contributed by atoms with Crippen LogP contribution in [0.25, 0.3) is 5.65 Å². The predicted octanol–water partition coefficient (Wildman–Crippen LogP) is 3.05. The Morgan fingerprint density at radius 1 is 1.07 bits per heavy atom. The summed E-state index contributed by atoms with van der Waals surface area (Å²) in [6, 6.07) is 11.9. The molecule has 0 aliphatic carbocycles. The van der Waals surface area contributed by atoms with E-state index in [0.29, 0.717) is 6.54 Å². The van der Waals surface area contributed by atoms with Crippen LogP contribution in [-0.2, 0) is 13.0 Å². The largest absolute Gasteiger partial charge is 0.493 e. The van der Waals surface area contributed by atoms with E-state index in [1.807, 2.05) is 47.9 Å². The fourth-order valence-electron chi connectivity index (χ4n) is 3.03. The van der Waals surface area contributed by atoms with Gasteiger partial charge in [-0.25, -0.2) is 4.99 Å². The molecule has 0 saturated heterocycles. The van der Waals surface area contributed by atoms with Gasteiger partial charge in [-0.05, 0) is 49.6 Å². The first kappa shape index (κ1) is 23.7. The van der Waals surface area contributed by atoms with Crippen molar-refractivity contribution in [3.63, 3.8) is 0 Å². The molecule has 0 bridgehead atoms. The van der Waals surface area contributed by atoms with E-state index in [1.165, 1.54) is 5.56 Å². The van der Waals surface area contributed by atoms with Crippen LogP contribution < -0.4 is 20.1 Å². The Hall–Kier alpha value is -2.56. The summed E-state index contributed by atoms with van der Waals surface area (Å²) in [7, 11) is 3.30. The van der Waals surface area contributed by atoms with Gasteiger partial charge in [0, 0.05) is 19.3 Å². The van der Waals surface area contributed by atoms with Crippen molar-refractivity contribution in [3.05, 3.63) is 54.0 Å². The van der Waals surface area contributed by atoms with E-state index in [2.05, 4.69) is 31.9 Å². The molecule has 0 radical (unpaired) electrons. The van der Waals surface area contributed by atoms with Crippen molar-refractivity contribution in [1.82, 2.24) is 25.2 Å². The standard InChI is InChI=1S/C21H28N6O2.HI/c1-4-22-21(24-15-20-26-25-19-9-5-6-13-27(19)20)23-12-7-8-16-10-11-17(28-2)18(14-16)29-3;/h5-6,9-11,13-14H,4,7-8,12,15H2,1-3H3,(H2,22,23,24);1H. The highest BCUT2D eigenvalue weighted by atomic mass is 127. The molecule has 162 valence electrons. The van der Waals surface area contributed by atoms with Crippen LogP contribution in [0, 0.1) is 0 Å². The van der Waals surface area contributed by atoms with E-state index >= 15 is 0 Å². The Balaban J connectivity index is 0.00000320. The van der Waals surface area contributed by atoms with Gasteiger partial charge in [-0.3, -0.25) is 4.40 Å². The highest BCUT2D eigenvalue weighted by molar-refractivity contribution is 14.0. The Labute approximate surface area is 194 Å². The van der Waals surface area contributed by atoms with Gasteiger partial charge in [-0.15, -0.1) is 34.2 Å². The van der Waals surface area contributed by atoms with Crippen LogP contribution in [0.5, 0.6) is 11.5 Å². The number of hydrogen-bond donors (Lipinski definition) is 2. The molecule has 0 spiro atoms. The van der Waals surface area contributed by atoms with E-state index < -0.39 is 0 Å². The molecule has 0 aliphatic heterocycles. The lowest BCUT2D eigenvalue weighted by molar-refractivity contribution is 0.354. The number of aromatic nitrogens is 3. The molecule has 0 aliphatic rings. The quantitative estimate of drug-likeness (QED) is 0.194. The SMILES string of the molecule is CCNC(=NCc1nnc2ccccn12)NCCCc1ccc(OC)c(OC)c1.I. The normalized spacial score (nSPS) is 11.1. The second-order valence-electron chi connectivity index (χ2n) is 6.46. The van der Waals surface area contributed by atoms with Crippen molar-refractivity contribution < 1.29 is 9.47 Å². The molecule has 0 atom stereocenters. The number of fused-ring (bicyclic) bond motifs is 1. The Bertz CT molecular complexity index is 960. The van der Waals surface area contributed by atoms with Crippen LogP contribution in [0.2, 0.25) is 0 Å². The van der Waals surface area contributed by atoms with Crippen LogP contribution in [-0.4, -0.2) is 47.9 Å². The van der Waals surface area contributed by atoms with E-state index in [9.17, 15) is 0 Å². The maximum atomic E-state index is 5.37. The Kier molecular flexibility index (Phi) is 9.65. The number of pyridine rings is 1. The summed E-state index contributed by atoms with van der Waals surface area (Å²) in [5, 5.41) is 15.0. The third kappa shape index (κ3) is 6.22. The molecule has 2 N–H and O–H groups in total. The highest BCUT2D eigenvalue weighted by Gasteiger charge is 2.06. The number of guanidine groups is 1. The van der Waals surface area contributed by atoms with E-state index in [1.54, 1.807) is 14.2 Å². The number of nitrogens with one attached hydrogen (secondary N) is 2. The van der Waals surface area contributed by atoms with Gasteiger partial charge in [0.25, 0.3) is 0 Å². The molecular formula is C21H29IN6O2. The van der Waals surface area contributed by atoms with Crippen molar-refractivity contribution in [2.75, 3.05) is 27.3 Å². The van der Waals surface area contributed by atoms with E-state index in [-0.39, 0.29) is 24.0 Å². The second kappa shape index (κ2) is 12.2. The topological polar surface area (TPSA) is 85.1 Å². The lowest BCUT2D eigenvalue weighted by Gasteiger charge is -2.12. The van der Waals surface area contributed by atoms with Crippen LogP contribution in [0.1, 0.15) is 24.7 Å². The number of methoxy groups -OCH3 is 2. The molecule has 30 heavy (non-hydrogen) atoms. The number of benzene rings is 1. The van der Waals surface area contributed by atoms with Crippen molar-refractivity contribution >= 4 is 35.6 Å². The zero-order valence-electron chi connectivity index (χ0n) is 17.6. The van der Waals surface area contributed by atoms with Gasteiger partial charge in [-0.1, -0.05) is 12.1 Å². The molecule has 1 aromatic carbocycles. The van der Waals surface area contributed by atoms with Crippen molar-refractivity contribution in [1.29, 1.82) is 0 Å². The fourth-order valence-corrected chi connectivity index (χ4v) is 3.03. The van der Waals surface area contributed by atoms with Crippen LogP contribution in [0.15, 0.2) is 47.6 Å². The zero-order valence-corrected chi connectivity index (χ0v) is 19.9. The average molecular weight is 524 g/mol. The van der Waals surface area contributed by atoms with Crippen molar-refractivity contribution in [3.8, 4) is 11.5 Å². The van der Waals surface area contributed by atoms with Gasteiger partial charge >= 0.3 is 0 Å². The highest BCUT2D eigenvalue weighted by Crippen LogP contribution is 2.27. The Morgan fingerprint density at radius 3 is 2.67 bits per heavy atom. The molecule has 3 rings (SSSR count). The average Bonchev–Trinajstić information content (AvgIpc) is 3.17. The number of aliphatic imine (C=N–C) groups is 1. The number of halogens is 1. The maximum absolute atomic E-state index is 5.37. The van der Waals surface area contributed by atoms with Gasteiger partial charge in [0.2, 0.25) is 0 Å². The molecular weight excluding hydrogens is 495 g/mol. The monoisotopic (exact) mass is 524 g/mol. The van der Waals surface area contributed by atoms with Crippen molar-refractivity contribution in [2.24, 2.45) is 4.99 Å². The smallest absolute Gasteiger partial charge is 0.191 e. The molecule has 0 unspecified atom stereocenters. The predicted molar refractivity (Wildman–Crippen MR) is 129 cm³/mol. The van der Waals surface area contributed by atoms with Crippen LogP contribution in [0.4, 0.5) is 0 Å². The minimum absolute atomic E-state index is 0. The number of aryl methyl sites for hydroxylation is 1. The summed E-state index contributed by atoms with van der Waals surface area (Å²) in [6.07, 6.45) is 3.85. The molecule has 3 aromatic rings. The minimum Gasteiger partial charge on any atom is -0.493 e. The number of nitrogens with zero attached hydrogens (tertiary/aromatic N) is 4. The minimum atomic E-state index is 0. The van der Waals surface area contributed by atoms with Gasteiger partial charge in [0.1, 0.15) is 6.54 Å². The van der Waals surface area contributed by atoms with Gasteiger partial charge in [-0.2, -0.15) is 0 Å². The fraction of sp³-hybridized carbons (Fsp3) is 0.381. The van der Waals surface area contributed by atoms with Gasteiger partial charge < -0.3 is 20.1 Å². The first-order valence-corrected chi connectivity index (χ1v) is 9.77. The number of rotatable bonds is 9. The molecule has 2 heterocycles. The summed E-state index contributed by atoms with van der Waals surface area (Å²) in [5.74, 6) is 3.08. The van der Waals surface area contributed by atoms with Crippen molar-refractivity contribution in [2.45, 2.75) is 26.3 Å². The summed E-state index contributed by atoms with van der Waals surface area (Å²) in [4.78, 5) is 4.64. The molecule has 2 aromatic heterocycles. The Morgan fingerprint density at radius 2 is 1.90 bits per heavy atom. The van der Waals surface area contributed by atoms with E-state index in [4.69, 9.17) is 9.47 Å². The first-order chi connectivity index (χ1) is 14.2. The molecule has 0 saturated carbocycles. The molecule has 9 heteroatoms. The van der Waals surface area contributed by atoms with Gasteiger partial charge in [0.05, 0.1) is 14.2 Å².